The number of carbonyl (C=O) groups is 1. The van der Waals surface area contributed by atoms with E-state index in [9.17, 15) is 4.79 Å². The van der Waals surface area contributed by atoms with Crippen LogP contribution in [0.1, 0.15) is 46.6 Å². The monoisotopic (exact) mass is 264 g/mol. The minimum atomic E-state index is -0.136. The molecule has 0 spiro atoms. The molecule has 1 fully saturated rings. The van der Waals surface area contributed by atoms with Crippen LogP contribution < -0.4 is 10.6 Å². The van der Waals surface area contributed by atoms with Crippen molar-refractivity contribution < 1.29 is 4.79 Å². The van der Waals surface area contributed by atoms with Crippen LogP contribution in [0.4, 0.5) is 5.69 Å². The molecule has 1 aliphatic heterocycles. The average molecular weight is 264 g/mol. The van der Waals surface area contributed by atoms with Crippen LogP contribution in [0.15, 0.2) is 12.4 Å². The van der Waals surface area contributed by atoms with Crippen LogP contribution >= 0.6 is 0 Å². The molecule has 1 aromatic heterocycles. The van der Waals surface area contributed by atoms with Gasteiger partial charge in [-0.1, -0.05) is 13.8 Å². The first-order chi connectivity index (χ1) is 8.90. The Bertz CT molecular complexity index is 450. The van der Waals surface area contributed by atoms with Gasteiger partial charge in [-0.3, -0.25) is 9.48 Å². The Morgan fingerprint density at radius 1 is 1.58 bits per heavy atom. The highest BCUT2D eigenvalue weighted by Crippen LogP contribution is 2.30. The van der Waals surface area contributed by atoms with Gasteiger partial charge in [-0.25, -0.2) is 0 Å². The fourth-order valence-electron chi connectivity index (χ4n) is 2.56. The molecule has 106 valence electrons. The van der Waals surface area contributed by atoms with E-state index in [1.165, 1.54) is 0 Å². The third kappa shape index (κ3) is 3.15. The molecule has 2 N–H and O–H groups in total. The van der Waals surface area contributed by atoms with Crippen LogP contribution in [-0.4, -0.2) is 28.3 Å². The van der Waals surface area contributed by atoms with Gasteiger partial charge in [0.25, 0.3) is 0 Å². The SMILES string of the molecule is CC(C)n1cc(NC(=O)C2NCCCC2(C)C)cn1. The van der Waals surface area contributed by atoms with Gasteiger partial charge in [0, 0.05) is 12.2 Å². The second-order valence-corrected chi connectivity index (χ2v) is 6.27. The molecule has 5 nitrogen and oxygen atoms in total. The van der Waals surface area contributed by atoms with E-state index in [0.717, 1.165) is 25.1 Å². The molecule has 1 unspecified atom stereocenters. The van der Waals surface area contributed by atoms with Gasteiger partial charge in [-0.15, -0.1) is 0 Å². The van der Waals surface area contributed by atoms with E-state index >= 15 is 0 Å². The summed E-state index contributed by atoms with van der Waals surface area (Å²) in [6, 6.07) is 0.165. The lowest BCUT2D eigenvalue weighted by molar-refractivity contribution is -0.121. The molecule has 5 heteroatoms. The van der Waals surface area contributed by atoms with Gasteiger partial charge in [-0.2, -0.15) is 5.10 Å². The lowest BCUT2D eigenvalue weighted by Gasteiger charge is -2.38. The Morgan fingerprint density at radius 2 is 2.32 bits per heavy atom. The van der Waals surface area contributed by atoms with Gasteiger partial charge in [-0.05, 0) is 38.6 Å². The highest BCUT2D eigenvalue weighted by atomic mass is 16.2. The highest BCUT2D eigenvalue weighted by Gasteiger charge is 2.37. The number of aromatic nitrogens is 2. The number of nitrogens with one attached hydrogen (secondary N) is 2. The fourth-order valence-corrected chi connectivity index (χ4v) is 2.56. The summed E-state index contributed by atoms with van der Waals surface area (Å²) in [5.74, 6) is 0.0352. The molecule has 0 radical (unpaired) electrons. The molecule has 1 amide bonds. The predicted molar refractivity (Wildman–Crippen MR) is 76.0 cm³/mol. The van der Waals surface area contributed by atoms with Crippen molar-refractivity contribution in [3.8, 4) is 0 Å². The van der Waals surface area contributed by atoms with Gasteiger partial charge in [0.2, 0.25) is 5.91 Å². The third-order valence-corrected chi connectivity index (χ3v) is 3.79. The minimum Gasteiger partial charge on any atom is -0.322 e. The van der Waals surface area contributed by atoms with Crippen molar-refractivity contribution in [2.45, 2.75) is 52.6 Å². The lowest BCUT2D eigenvalue weighted by atomic mass is 9.77. The number of amides is 1. The summed E-state index contributed by atoms with van der Waals surface area (Å²) in [4.78, 5) is 12.4. The van der Waals surface area contributed by atoms with E-state index < -0.39 is 0 Å². The number of piperidine rings is 1. The molecule has 1 saturated heterocycles. The Hall–Kier alpha value is -1.36. The van der Waals surface area contributed by atoms with Crippen molar-refractivity contribution in [1.29, 1.82) is 0 Å². The second-order valence-electron chi connectivity index (χ2n) is 6.27. The quantitative estimate of drug-likeness (QED) is 0.879. The van der Waals surface area contributed by atoms with Gasteiger partial charge in [0.05, 0.1) is 17.9 Å². The van der Waals surface area contributed by atoms with Gasteiger partial charge >= 0.3 is 0 Å². The number of hydrogen-bond acceptors (Lipinski definition) is 3. The lowest BCUT2D eigenvalue weighted by Crippen LogP contribution is -2.53. The molecule has 2 rings (SSSR count). The standard InChI is InChI=1S/C14H24N4O/c1-10(2)18-9-11(8-16-18)17-13(19)12-14(3,4)6-5-7-15-12/h8-10,12,15H,5-7H2,1-4H3,(H,17,19). The summed E-state index contributed by atoms with van der Waals surface area (Å²) in [5.41, 5.74) is 0.762. The first-order valence-electron chi connectivity index (χ1n) is 6.98. The van der Waals surface area contributed by atoms with Crippen LogP contribution in [0.2, 0.25) is 0 Å². The summed E-state index contributed by atoms with van der Waals surface area (Å²) in [7, 11) is 0. The van der Waals surface area contributed by atoms with Crippen LogP contribution in [0, 0.1) is 5.41 Å². The summed E-state index contributed by atoms with van der Waals surface area (Å²) in [5, 5.41) is 10.5. The summed E-state index contributed by atoms with van der Waals surface area (Å²) in [6.07, 6.45) is 5.78. The molecule has 1 aliphatic rings. The zero-order chi connectivity index (χ0) is 14.0. The maximum absolute atomic E-state index is 12.4. The van der Waals surface area contributed by atoms with Crippen molar-refractivity contribution >= 4 is 11.6 Å². The molecular formula is C14H24N4O. The topological polar surface area (TPSA) is 59.0 Å². The minimum absolute atomic E-state index is 0.00360. The number of nitrogens with zero attached hydrogens (tertiary/aromatic N) is 2. The van der Waals surface area contributed by atoms with Gasteiger partial charge < -0.3 is 10.6 Å². The van der Waals surface area contributed by atoms with E-state index in [0.29, 0.717) is 6.04 Å². The van der Waals surface area contributed by atoms with Crippen molar-refractivity contribution in [2.75, 3.05) is 11.9 Å². The third-order valence-electron chi connectivity index (χ3n) is 3.79. The maximum Gasteiger partial charge on any atom is 0.242 e. The van der Waals surface area contributed by atoms with Crippen molar-refractivity contribution in [3.63, 3.8) is 0 Å². The molecular weight excluding hydrogens is 240 g/mol. The molecule has 1 aromatic rings. The molecule has 0 bridgehead atoms. The van der Waals surface area contributed by atoms with Gasteiger partial charge in [0.1, 0.15) is 0 Å². The van der Waals surface area contributed by atoms with E-state index in [2.05, 4.69) is 43.4 Å². The summed E-state index contributed by atoms with van der Waals surface area (Å²) < 4.78 is 1.84. The van der Waals surface area contributed by atoms with Crippen LogP contribution in [0.5, 0.6) is 0 Å². The highest BCUT2D eigenvalue weighted by molar-refractivity contribution is 5.95. The number of rotatable bonds is 3. The number of hydrogen-bond donors (Lipinski definition) is 2. The number of carbonyl (C=O) groups excluding carboxylic acids is 1. The molecule has 0 aliphatic carbocycles. The van der Waals surface area contributed by atoms with E-state index in [1.54, 1.807) is 6.20 Å². The predicted octanol–water partition coefficient (Wildman–Crippen LogP) is 2.18. The summed E-state index contributed by atoms with van der Waals surface area (Å²) in [6.45, 7) is 9.31. The van der Waals surface area contributed by atoms with E-state index in [-0.39, 0.29) is 17.4 Å². The Morgan fingerprint density at radius 3 is 2.89 bits per heavy atom. The molecule has 1 atom stereocenters. The smallest absolute Gasteiger partial charge is 0.242 e. The molecule has 2 heterocycles. The molecule has 0 saturated carbocycles. The maximum atomic E-state index is 12.4. The first-order valence-corrected chi connectivity index (χ1v) is 6.98. The van der Waals surface area contributed by atoms with Crippen molar-refractivity contribution in [2.24, 2.45) is 5.41 Å². The second kappa shape index (κ2) is 5.33. The molecule has 0 aromatic carbocycles. The molecule has 19 heavy (non-hydrogen) atoms. The fraction of sp³-hybridized carbons (Fsp3) is 0.714. The summed E-state index contributed by atoms with van der Waals surface area (Å²) >= 11 is 0. The Labute approximate surface area is 114 Å². The zero-order valence-corrected chi connectivity index (χ0v) is 12.2. The Balaban J connectivity index is 2.03. The zero-order valence-electron chi connectivity index (χ0n) is 12.2. The average Bonchev–Trinajstić information content (AvgIpc) is 2.76. The van der Waals surface area contributed by atoms with Crippen LogP contribution in [0.25, 0.3) is 0 Å². The van der Waals surface area contributed by atoms with E-state index in [4.69, 9.17) is 0 Å². The van der Waals surface area contributed by atoms with E-state index in [1.807, 2.05) is 10.9 Å². The van der Waals surface area contributed by atoms with Crippen molar-refractivity contribution in [3.05, 3.63) is 12.4 Å². The van der Waals surface area contributed by atoms with Crippen molar-refractivity contribution in [1.82, 2.24) is 15.1 Å². The Kier molecular flexibility index (Phi) is 3.94. The van der Waals surface area contributed by atoms with Crippen LogP contribution in [-0.2, 0) is 4.79 Å². The van der Waals surface area contributed by atoms with Crippen LogP contribution in [0.3, 0.4) is 0 Å². The normalized spacial score (nSPS) is 22.5. The van der Waals surface area contributed by atoms with Gasteiger partial charge in [0.15, 0.2) is 0 Å². The largest absolute Gasteiger partial charge is 0.322 e. The number of anilines is 1. The first kappa shape index (κ1) is 14.1.